The second-order valence-electron chi connectivity index (χ2n) is 7.87. The Morgan fingerprint density at radius 1 is 1.12 bits per heavy atom. The number of rotatable bonds is 9. The molecule has 0 aliphatic carbocycles. The lowest BCUT2D eigenvalue weighted by molar-refractivity contribution is -0.131. The Bertz CT molecular complexity index is 884. The standard InChI is InChI=1S/C24H33N5O3/c1-4-19(3)29(24(31)20-18-25-11-12-26-20)13-10-23(30)28-16-14-27(15-17-28)21-8-6-7-9-22(21)32-5-2/h6-9,11-12,18-19H,4-5,10,13-17H2,1-3H3. The van der Waals surface area contributed by atoms with Gasteiger partial charge in [-0.05, 0) is 32.4 Å². The summed E-state index contributed by atoms with van der Waals surface area (Å²) in [5, 5.41) is 0. The van der Waals surface area contributed by atoms with Crippen molar-refractivity contribution in [3.63, 3.8) is 0 Å². The van der Waals surface area contributed by atoms with Crippen LogP contribution < -0.4 is 9.64 Å². The van der Waals surface area contributed by atoms with Gasteiger partial charge in [0.2, 0.25) is 5.91 Å². The summed E-state index contributed by atoms with van der Waals surface area (Å²) in [6.07, 6.45) is 5.62. The summed E-state index contributed by atoms with van der Waals surface area (Å²) >= 11 is 0. The monoisotopic (exact) mass is 439 g/mol. The average molecular weight is 440 g/mol. The summed E-state index contributed by atoms with van der Waals surface area (Å²) in [6.45, 7) is 9.81. The van der Waals surface area contributed by atoms with Crippen LogP contribution in [0.4, 0.5) is 5.69 Å². The number of nitrogens with zero attached hydrogens (tertiary/aromatic N) is 5. The molecule has 1 aliphatic rings. The third-order valence-electron chi connectivity index (χ3n) is 5.87. The van der Waals surface area contributed by atoms with E-state index in [2.05, 4.69) is 20.9 Å². The van der Waals surface area contributed by atoms with E-state index in [0.717, 1.165) is 30.9 Å². The molecule has 0 radical (unpaired) electrons. The number of benzene rings is 1. The summed E-state index contributed by atoms with van der Waals surface area (Å²) in [4.78, 5) is 39.8. The molecule has 2 amide bonds. The Hall–Kier alpha value is -3.16. The Morgan fingerprint density at radius 3 is 2.53 bits per heavy atom. The van der Waals surface area contributed by atoms with Crippen LogP contribution in [0.25, 0.3) is 0 Å². The van der Waals surface area contributed by atoms with Crippen LogP contribution >= 0.6 is 0 Å². The molecule has 1 saturated heterocycles. The minimum Gasteiger partial charge on any atom is -0.492 e. The van der Waals surface area contributed by atoms with Crippen molar-refractivity contribution in [2.24, 2.45) is 0 Å². The van der Waals surface area contributed by atoms with Gasteiger partial charge in [0.1, 0.15) is 11.4 Å². The molecule has 8 nitrogen and oxygen atoms in total. The molecular formula is C24H33N5O3. The fourth-order valence-corrected chi connectivity index (χ4v) is 3.87. The molecule has 1 aliphatic heterocycles. The SMILES string of the molecule is CCOc1ccccc1N1CCN(C(=O)CCN(C(=O)c2cnccn2)C(C)CC)CC1. The number of para-hydroxylation sites is 2. The lowest BCUT2D eigenvalue weighted by Crippen LogP contribution is -2.50. The lowest BCUT2D eigenvalue weighted by atomic mass is 10.1. The summed E-state index contributed by atoms with van der Waals surface area (Å²) in [6, 6.07) is 8.04. The Labute approximate surface area is 190 Å². The number of amides is 2. The highest BCUT2D eigenvalue weighted by Crippen LogP contribution is 2.28. The van der Waals surface area contributed by atoms with Crippen molar-refractivity contribution in [1.82, 2.24) is 19.8 Å². The van der Waals surface area contributed by atoms with Gasteiger partial charge in [0.15, 0.2) is 0 Å². The van der Waals surface area contributed by atoms with Crippen LogP contribution in [0.15, 0.2) is 42.9 Å². The van der Waals surface area contributed by atoms with E-state index >= 15 is 0 Å². The van der Waals surface area contributed by atoms with Gasteiger partial charge in [-0.15, -0.1) is 0 Å². The number of aromatic nitrogens is 2. The zero-order valence-corrected chi connectivity index (χ0v) is 19.2. The molecule has 1 atom stereocenters. The molecule has 0 spiro atoms. The van der Waals surface area contributed by atoms with Gasteiger partial charge in [-0.1, -0.05) is 19.1 Å². The first-order chi connectivity index (χ1) is 15.5. The topological polar surface area (TPSA) is 78.9 Å². The van der Waals surface area contributed by atoms with E-state index in [1.54, 1.807) is 11.1 Å². The van der Waals surface area contributed by atoms with Gasteiger partial charge < -0.3 is 19.4 Å². The second kappa shape index (κ2) is 11.5. The Kier molecular flexibility index (Phi) is 8.41. The fraction of sp³-hybridized carbons (Fsp3) is 0.500. The normalized spacial score (nSPS) is 14.7. The predicted octanol–water partition coefficient (Wildman–Crippen LogP) is 2.85. The first-order valence-electron chi connectivity index (χ1n) is 11.4. The van der Waals surface area contributed by atoms with Crippen molar-refractivity contribution in [2.75, 3.05) is 44.2 Å². The van der Waals surface area contributed by atoms with E-state index in [1.807, 2.05) is 43.9 Å². The number of hydrogen-bond acceptors (Lipinski definition) is 6. The molecule has 32 heavy (non-hydrogen) atoms. The molecule has 0 N–H and O–H groups in total. The van der Waals surface area contributed by atoms with Crippen molar-refractivity contribution in [1.29, 1.82) is 0 Å². The number of carbonyl (C=O) groups is 2. The number of ether oxygens (including phenoxy) is 1. The molecule has 2 heterocycles. The Balaban J connectivity index is 1.56. The highest BCUT2D eigenvalue weighted by molar-refractivity contribution is 5.92. The van der Waals surface area contributed by atoms with E-state index in [9.17, 15) is 9.59 Å². The first-order valence-corrected chi connectivity index (χ1v) is 11.4. The first kappa shape index (κ1) is 23.5. The molecule has 0 saturated carbocycles. The molecule has 0 bridgehead atoms. The van der Waals surface area contributed by atoms with E-state index in [4.69, 9.17) is 4.74 Å². The predicted molar refractivity (Wildman–Crippen MR) is 124 cm³/mol. The maximum Gasteiger partial charge on any atom is 0.274 e. The molecule has 1 aromatic carbocycles. The average Bonchev–Trinajstić information content (AvgIpc) is 2.85. The molecule has 1 aromatic heterocycles. The summed E-state index contributed by atoms with van der Waals surface area (Å²) < 4.78 is 5.75. The van der Waals surface area contributed by atoms with E-state index in [1.165, 1.54) is 12.4 Å². The summed E-state index contributed by atoms with van der Waals surface area (Å²) in [5.74, 6) is 0.766. The molecule has 172 valence electrons. The van der Waals surface area contributed by atoms with Gasteiger partial charge in [0, 0.05) is 57.6 Å². The van der Waals surface area contributed by atoms with Crippen LogP contribution in [0, 0.1) is 0 Å². The van der Waals surface area contributed by atoms with Crippen LogP contribution in [0.3, 0.4) is 0 Å². The largest absolute Gasteiger partial charge is 0.492 e. The zero-order chi connectivity index (χ0) is 22.9. The van der Waals surface area contributed by atoms with Crippen molar-refractivity contribution >= 4 is 17.5 Å². The quantitative estimate of drug-likeness (QED) is 0.598. The van der Waals surface area contributed by atoms with Crippen molar-refractivity contribution in [3.05, 3.63) is 48.5 Å². The van der Waals surface area contributed by atoms with Crippen LogP contribution in [0.1, 0.15) is 44.1 Å². The van der Waals surface area contributed by atoms with Gasteiger partial charge in [-0.2, -0.15) is 0 Å². The van der Waals surface area contributed by atoms with E-state index < -0.39 is 0 Å². The van der Waals surface area contributed by atoms with Gasteiger partial charge in [-0.25, -0.2) is 4.98 Å². The second-order valence-corrected chi connectivity index (χ2v) is 7.87. The summed E-state index contributed by atoms with van der Waals surface area (Å²) in [7, 11) is 0. The number of carbonyl (C=O) groups excluding carboxylic acids is 2. The number of piperazine rings is 1. The minimum atomic E-state index is -0.183. The maximum atomic E-state index is 12.9. The van der Waals surface area contributed by atoms with Crippen LogP contribution in [0.2, 0.25) is 0 Å². The van der Waals surface area contributed by atoms with Gasteiger partial charge in [0.05, 0.1) is 18.5 Å². The van der Waals surface area contributed by atoms with E-state index in [-0.39, 0.29) is 17.9 Å². The minimum absolute atomic E-state index is 0.0178. The summed E-state index contributed by atoms with van der Waals surface area (Å²) in [5.41, 5.74) is 1.38. The van der Waals surface area contributed by atoms with Gasteiger partial charge in [0.25, 0.3) is 5.91 Å². The van der Waals surface area contributed by atoms with Crippen LogP contribution in [0.5, 0.6) is 5.75 Å². The lowest BCUT2D eigenvalue weighted by Gasteiger charge is -2.37. The van der Waals surface area contributed by atoms with Crippen molar-refractivity contribution in [3.8, 4) is 5.75 Å². The van der Waals surface area contributed by atoms with Crippen molar-refractivity contribution in [2.45, 2.75) is 39.7 Å². The zero-order valence-electron chi connectivity index (χ0n) is 19.2. The molecule has 2 aromatic rings. The van der Waals surface area contributed by atoms with Crippen LogP contribution in [-0.4, -0.2) is 77.0 Å². The highest BCUT2D eigenvalue weighted by atomic mass is 16.5. The third kappa shape index (κ3) is 5.75. The smallest absolute Gasteiger partial charge is 0.274 e. The molecule has 3 rings (SSSR count). The number of anilines is 1. The molecule has 8 heteroatoms. The Morgan fingerprint density at radius 2 is 1.88 bits per heavy atom. The van der Waals surface area contributed by atoms with Gasteiger partial charge >= 0.3 is 0 Å². The van der Waals surface area contributed by atoms with Gasteiger partial charge in [-0.3, -0.25) is 14.6 Å². The molecule has 1 unspecified atom stereocenters. The third-order valence-corrected chi connectivity index (χ3v) is 5.87. The van der Waals surface area contributed by atoms with E-state index in [0.29, 0.717) is 38.4 Å². The number of hydrogen-bond donors (Lipinski definition) is 0. The maximum absolute atomic E-state index is 12.9. The fourth-order valence-electron chi connectivity index (χ4n) is 3.87. The van der Waals surface area contributed by atoms with Crippen molar-refractivity contribution < 1.29 is 14.3 Å². The highest BCUT2D eigenvalue weighted by Gasteiger charge is 2.26. The van der Waals surface area contributed by atoms with Crippen LogP contribution in [-0.2, 0) is 4.79 Å². The molecule has 1 fully saturated rings. The molecular weight excluding hydrogens is 406 g/mol.